The molecule has 2 N–H and O–H groups in total. The maximum absolute atomic E-state index is 10.8. The molecule has 1 aromatic carbocycles. The lowest BCUT2D eigenvalue weighted by Gasteiger charge is -2.49. The number of aromatic hydroxyl groups is 1. The lowest BCUT2D eigenvalue weighted by molar-refractivity contribution is -0.197. The summed E-state index contributed by atoms with van der Waals surface area (Å²) >= 11 is 0. The van der Waals surface area contributed by atoms with Gasteiger partial charge in [-0.2, -0.15) is 0 Å². The molecule has 0 aromatic heterocycles. The van der Waals surface area contributed by atoms with E-state index >= 15 is 0 Å². The molecule has 0 spiro atoms. The third kappa shape index (κ3) is 2.57. The summed E-state index contributed by atoms with van der Waals surface area (Å²) in [5, 5.41) is 20.2. The van der Waals surface area contributed by atoms with Crippen LogP contribution in [0.4, 0.5) is 0 Å². The van der Waals surface area contributed by atoms with Crippen LogP contribution in [0.3, 0.4) is 0 Å². The van der Waals surface area contributed by atoms with Crippen molar-refractivity contribution in [1.29, 1.82) is 0 Å². The molecule has 20 heavy (non-hydrogen) atoms. The van der Waals surface area contributed by atoms with E-state index in [-0.39, 0.29) is 23.9 Å². The summed E-state index contributed by atoms with van der Waals surface area (Å²) in [5.41, 5.74) is 0.380. The highest BCUT2D eigenvalue weighted by Gasteiger charge is 2.47. The topological polar surface area (TPSA) is 49.7 Å². The minimum Gasteiger partial charge on any atom is -0.508 e. The van der Waals surface area contributed by atoms with Crippen molar-refractivity contribution in [3.8, 4) is 5.75 Å². The van der Waals surface area contributed by atoms with E-state index in [1.807, 2.05) is 19.1 Å². The molecular weight excluding hydrogens is 252 g/mol. The van der Waals surface area contributed by atoms with Gasteiger partial charge in [-0.1, -0.05) is 25.5 Å². The Morgan fingerprint density at radius 2 is 1.90 bits per heavy atom. The average Bonchev–Trinajstić information content (AvgIpc) is 2.38. The molecule has 1 aliphatic carbocycles. The number of phenols is 1. The van der Waals surface area contributed by atoms with Crippen molar-refractivity contribution in [3.05, 3.63) is 29.8 Å². The van der Waals surface area contributed by atoms with Gasteiger partial charge in [-0.25, -0.2) is 0 Å². The van der Waals surface area contributed by atoms with Gasteiger partial charge in [0, 0.05) is 12.3 Å². The predicted molar refractivity (Wildman–Crippen MR) is 77.5 cm³/mol. The van der Waals surface area contributed by atoms with Crippen LogP contribution in [0, 0.1) is 11.8 Å². The number of fused-ring (bicyclic) bond motifs is 1. The first-order chi connectivity index (χ1) is 9.45. The van der Waals surface area contributed by atoms with Gasteiger partial charge >= 0.3 is 0 Å². The van der Waals surface area contributed by atoms with Crippen LogP contribution in [0.15, 0.2) is 24.3 Å². The molecule has 2 aliphatic rings. The second-order valence-electron chi connectivity index (χ2n) is 6.84. The Balaban J connectivity index is 1.83. The van der Waals surface area contributed by atoms with Crippen molar-refractivity contribution >= 4 is 0 Å². The fourth-order valence-corrected chi connectivity index (χ4v) is 3.86. The molecule has 3 rings (SSSR count). The number of hydrogen-bond donors (Lipinski definition) is 2. The maximum Gasteiger partial charge on any atom is 0.115 e. The van der Waals surface area contributed by atoms with Crippen molar-refractivity contribution in [2.45, 2.75) is 57.3 Å². The first-order valence-electron chi connectivity index (χ1n) is 7.62. The SMILES string of the molecule is C[C@@H]1CC[C@@H]2[C@@H](C1)O[C@@H](c1ccc(O)cc1)CC2(C)O. The van der Waals surface area contributed by atoms with E-state index < -0.39 is 5.60 Å². The van der Waals surface area contributed by atoms with Crippen LogP contribution < -0.4 is 0 Å². The molecule has 1 aliphatic heterocycles. The summed E-state index contributed by atoms with van der Waals surface area (Å²) in [4.78, 5) is 0. The molecule has 0 radical (unpaired) electrons. The number of rotatable bonds is 1. The Kier molecular flexibility index (Phi) is 3.51. The molecule has 1 saturated carbocycles. The van der Waals surface area contributed by atoms with E-state index in [1.54, 1.807) is 12.1 Å². The molecule has 5 atom stereocenters. The highest BCUT2D eigenvalue weighted by atomic mass is 16.5. The third-order valence-corrected chi connectivity index (χ3v) is 5.06. The summed E-state index contributed by atoms with van der Waals surface area (Å²) in [6, 6.07) is 7.15. The van der Waals surface area contributed by atoms with Crippen LogP contribution in [0.1, 0.15) is 51.2 Å². The zero-order valence-electron chi connectivity index (χ0n) is 12.2. The molecule has 110 valence electrons. The second kappa shape index (κ2) is 5.05. The monoisotopic (exact) mass is 276 g/mol. The normalized spacial score (nSPS) is 41.1. The van der Waals surface area contributed by atoms with E-state index in [1.165, 1.54) is 6.42 Å². The second-order valence-corrected chi connectivity index (χ2v) is 6.84. The number of ether oxygens (including phenoxy) is 1. The Labute approximate surface area is 120 Å². The summed E-state index contributed by atoms with van der Waals surface area (Å²) in [6.45, 7) is 4.22. The number of aliphatic hydroxyl groups is 1. The number of phenolic OH excluding ortho intramolecular Hbond substituents is 1. The van der Waals surface area contributed by atoms with Crippen molar-refractivity contribution in [3.63, 3.8) is 0 Å². The summed E-state index contributed by atoms with van der Waals surface area (Å²) < 4.78 is 6.28. The van der Waals surface area contributed by atoms with Crippen LogP contribution in [-0.4, -0.2) is 21.9 Å². The highest BCUT2D eigenvalue weighted by molar-refractivity contribution is 5.28. The zero-order valence-corrected chi connectivity index (χ0v) is 12.2. The van der Waals surface area contributed by atoms with Gasteiger partial charge in [-0.05, 0) is 43.4 Å². The summed E-state index contributed by atoms with van der Waals surface area (Å²) in [5.74, 6) is 1.19. The van der Waals surface area contributed by atoms with E-state index in [0.29, 0.717) is 12.3 Å². The molecule has 3 nitrogen and oxygen atoms in total. The van der Waals surface area contributed by atoms with Gasteiger partial charge in [-0.3, -0.25) is 0 Å². The summed E-state index contributed by atoms with van der Waals surface area (Å²) in [7, 11) is 0. The van der Waals surface area contributed by atoms with Crippen LogP contribution in [0.25, 0.3) is 0 Å². The van der Waals surface area contributed by atoms with E-state index in [2.05, 4.69) is 6.92 Å². The minimum absolute atomic E-state index is 0.0721. The molecule has 0 amide bonds. The van der Waals surface area contributed by atoms with Gasteiger partial charge in [0.15, 0.2) is 0 Å². The first-order valence-corrected chi connectivity index (χ1v) is 7.62. The highest BCUT2D eigenvalue weighted by Crippen LogP contribution is 2.47. The van der Waals surface area contributed by atoms with E-state index in [9.17, 15) is 10.2 Å². The van der Waals surface area contributed by atoms with Crippen molar-refractivity contribution in [2.24, 2.45) is 11.8 Å². The largest absolute Gasteiger partial charge is 0.508 e. The number of hydrogen-bond acceptors (Lipinski definition) is 3. The van der Waals surface area contributed by atoms with Gasteiger partial charge in [0.1, 0.15) is 5.75 Å². The van der Waals surface area contributed by atoms with Crippen LogP contribution in [0.2, 0.25) is 0 Å². The quantitative estimate of drug-likeness (QED) is 0.826. The van der Waals surface area contributed by atoms with E-state index in [4.69, 9.17) is 4.74 Å². The third-order valence-electron chi connectivity index (χ3n) is 5.06. The molecule has 3 heteroatoms. The fourth-order valence-electron chi connectivity index (χ4n) is 3.86. The smallest absolute Gasteiger partial charge is 0.115 e. The molecule has 0 bridgehead atoms. The maximum atomic E-state index is 10.8. The molecule has 1 heterocycles. The molecule has 1 unspecified atom stereocenters. The Hall–Kier alpha value is -1.06. The first kappa shape index (κ1) is 13.9. The molecule has 2 fully saturated rings. The zero-order chi connectivity index (χ0) is 14.3. The van der Waals surface area contributed by atoms with Crippen LogP contribution in [0.5, 0.6) is 5.75 Å². The predicted octanol–water partition coefficient (Wildman–Crippen LogP) is 3.41. The molecule has 1 saturated heterocycles. The van der Waals surface area contributed by atoms with Gasteiger partial charge in [-0.15, -0.1) is 0 Å². The standard InChI is InChI=1S/C17H24O3/c1-11-3-8-14-15(9-11)20-16(10-17(14,2)19)12-4-6-13(18)7-5-12/h4-7,11,14-16,18-19H,3,8-10H2,1-2H3/t11-,14-,15-,16-,17?/m1/s1. The van der Waals surface area contributed by atoms with Gasteiger partial charge in [0.05, 0.1) is 17.8 Å². The molecule has 1 aromatic rings. The van der Waals surface area contributed by atoms with Gasteiger partial charge in [0.2, 0.25) is 0 Å². The Morgan fingerprint density at radius 3 is 2.60 bits per heavy atom. The number of benzene rings is 1. The molecular formula is C17H24O3. The van der Waals surface area contributed by atoms with Crippen LogP contribution in [-0.2, 0) is 4.74 Å². The van der Waals surface area contributed by atoms with Crippen molar-refractivity contribution < 1.29 is 14.9 Å². The van der Waals surface area contributed by atoms with Crippen molar-refractivity contribution in [2.75, 3.05) is 0 Å². The van der Waals surface area contributed by atoms with Gasteiger partial charge in [0.25, 0.3) is 0 Å². The average molecular weight is 276 g/mol. The fraction of sp³-hybridized carbons (Fsp3) is 0.647. The lowest BCUT2D eigenvalue weighted by Crippen LogP contribution is -2.51. The van der Waals surface area contributed by atoms with Crippen molar-refractivity contribution in [1.82, 2.24) is 0 Å². The lowest BCUT2D eigenvalue weighted by atomic mass is 9.68. The Bertz CT molecular complexity index is 466. The van der Waals surface area contributed by atoms with Gasteiger partial charge < -0.3 is 14.9 Å². The minimum atomic E-state index is -0.661. The summed E-state index contributed by atoms with van der Waals surface area (Å²) in [6.07, 6.45) is 3.99. The van der Waals surface area contributed by atoms with Crippen LogP contribution >= 0.6 is 0 Å². The van der Waals surface area contributed by atoms with E-state index in [0.717, 1.165) is 18.4 Å². The Morgan fingerprint density at radius 1 is 1.20 bits per heavy atom.